The summed E-state index contributed by atoms with van der Waals surface area (Å²) in [4.78, 5) is 16.6. The highest BCUT2D eigenvalue weighted by molar-refractivity contribution is 9.10. The Hall–Kier alpha value is -0.840. The number of carbonyl (C=O) groups excluding carboxylic acids is 1. The van der Waals surface area contributed by atoms with Crippen molar-refractivity contribution in [1.82, 2.24) is 9.55 Å². The number of nitrogens with zero attached hydrogens (tertiary/aromatic N) is 3. The normalized spacial score (nSPS) is 10.0. The average molecular weight is 232 g/mol. The van der Waals surface area contributed by atoms with Crippen molar-refractivity contribution in [3.8, 4) is 0 Å². The number of hydrogen-bond acceptors (Lipinski definition) is 3. The molecule has 1 aromatic rings. The minimum atomic E-state index is 0.554. The van der Waals surface area contributed by atoms with Crippen LogP contribution in [0, 0.1) is 0 Å². The van der Waals surface area contributed by atoms with Gasteiger partial charge in [-0.1, -0.05) is 0 Å². The zero-order valence-electron chi connectivity index (χ0n) is 7.21. The fraction of sp³-hybridized carbons (Fsp3) is 0.429. The minimum Gasteiger partial charge on any atom is -0.348 e. The molecule has 0 saturated heterocycles. The number of aromatic nitrogens is 2. The smallest absolute Gasteiger partial charge is 0.206 e. The predicted molar refractivity (Wildman–Crippen MR) is 50.6 cm³/mol. The van der Waals surface area contributed by atoms with Crippen molar-refractivity contribution < 1.29 is 4.79 Å². The van der Waals surface area contributed by atoms with Crippen molar-refractivity contribution in [2.75, 3.05) is 19.0 Å². The first-order valence-electron chi connectivity index (χ1n) is 3.42. The van der Waals surface area contributed by atoms with Gasteiger partial charge in [0.2, 0.25) is 5.95 Å². The van der Waals surface area contributed by atoms with Gasteiger partial charge in [-0.05, 0) is 15.9 Å². The summed E-state index contributed by atoms with van der Waals surface area (Å²) >= 11 is 3.21. The molecule has 0 aliphatic carbocycles. The number of imidazole rings is 1. The van der Waals surface area contributed by atoms with Crippen LogP contribution in [0.2, 0.25) is 0 Å². The number of hydrogen-bond donors (Lipinski definition) is 0. The van der Waals surface area contributed by atoms with Gasteiger partial charge in [-0.15, -0.1) is 0 Å². The summed E-state index contributed by atoms with van der Waals surface area (Å²) in [5.74, 6) is 0.754. The van der Waals surface area contributed by atoms with Crippen LogP contribution in [0.4, 0.5) is 5.95 Å². The van der Waals surface area contributed by atoms with Gasteiger partial charge in [-0.2, -0.15) is 0 Å². The number of halogens is 1. The maximum Gasteiger partial charge on any atom is 0.206 e. The van der Waals surface area contributed by atoms with E-state index in [0.717, 1.165) is 12.2 Å². The highest BCUT2D eigenvalue weighted by atomic mass is 79.9. The lowest BCUT2D eigenvalue weighted by Gasteiger charge is -2.10. The Bertz CT molecular complexity index is 306. The van der Waals surface area contributed by atoms with Crippen LogP contribution in [-0.2, 0) is 7.05 Å². The quantitative estimate of drug-likeness (QED) is 0.715. The third-order valence-corrected chi connectivity index (χ3v) is 2.17. The summed E-state index contributed by atoms with van der Waals surface area (Å²) in [6, 6.07) is 0. The van der Waals surface area contributed by atoms with Crippen molar-refractivity contribution in [2.45, 2.75) is 0 Å². The molecule has 1 rings (SSSR count). The topological polar surface area (TPSA) is 38.1 Å². The lowest BCUT2D eigenvalue weighted by molar-refractivity contribution is 0.111. The molecule has 12 heavy (non-hydrogen) atoms. The number of aldehydes is 1. The van der Waals surface area contributed by atoms with Crippen LogP contribution < -0.4 is 4.90 Å². The van der Waals surface area contributed by atoms with E-state index < -0.39 is 0 Å². The van der Waals surface area contributed by atoms with E-state index in [1.807, 2.05) is 19.0 Å². The van der Waals surface area contributed by atoms with E-state index in [4.69, 9.17) is 0 Å². The van der Waals surface area contributed by atoms with Gasteiger partial charge in [0.05, 0.1) is 0 Å². The van der Waals surface area contributed by atoms with E-state index in [9.17, 15) is 4.79 Å². The molecule has 0 aromatic carbocycles. The molecule has 0 atom stereocenters. The Kier molecular flexibility index (Phi) is 2.52. The van der Waals surface area contributed by atoms with Gasteiger partial charge < -0.3 is 9.47 Å². The van der Waals surface area contributed by atoms with Gasteiger partial charge in [0, 0.05) is 21.1 Å². The first-order chi connectivity index (χ1) is 5.57. The molecule has 1 heterocycles. The van der Waals surface area contributed by atoms with Gasteiger partial charge in [0.25, 0.3) is 0 Å². The van der Waals surface area contributed by atoms with Crippen LogP contribution in [0.25, 0.3) is 0 Å². The van der Waals surface area contributed by atoms with E-state index >= 15 is 0 Å². The van der Waals surface area contributed by atoms with Gasteiger partial charge >= 0.3 is 0 Å². The van der Waals surface area contributed by atoms with Crippen LogP contribution in [0.15, 0.2) is 4.60 Å². The molecule has 0 saturated carbocycles. The lowest BCUT2D eigenvalue weighted by atomic mass is 10.5. The summed E-state index contributed by atoms with van der Waals surface area (Å²) in [6.45, 7) is 0. The second kappa shape index (κ2) is 3.26. The van der Waals surface area contributed by atoms with E-state index in [0.29, 0.717) is 10.3 Å². The molecule has 4 nitrogen and oxygen atoms in total. The van der Waals surface area contributed by atoms with Gasteiger partial charge in [-0.25, -0.2) is 4.98 Å². The molecule has 0 N–H and O–H groups in total. The average Bonchev–Trinajstić information content (AvgIpc) is 2.27. The second-order valence-corrected chi connectivity index (χ2v) is 3.41. The van der Waals surface area contributed by atoms with E-state index in [1.54, 1.807) is 11.6 Å². The Balaban J connectivity index is 3.26. The standard InChI is InChI=1S/C7H10BrN3O/c1-10(2)7-9-6(8)5(4-12)11(7)3/h4H,1-3H3. The fourth-order valence-corrected chi connectivity index (χ4v) is 1.51. The molecule has 1 aromatic heterocycles. The lowest BCUT2D eigenvalue weighted by Crippen LogP contribution is -2.14. The van der Waals surface area contributed by atoms with Crippen LogP contribution in [-0.4, -0.2) is 29.9 Å². The largest absolute Gasteiger partial charge is 0.348 e. The van der Waals surface area contributed by atoms with Crippen LogP contribution in [0.1, 0.15) is 10.5 Å². The van der Waals surface area contributed by atoms with E-state index in [2.05, 4.69) is 20.9 Å². The first kappa shape index (κ1) is 9.25. The zero-order valence-corrected chi connectivity index (χ0v) is 8.79. The summed E-state index contributed by atoms with van der Waals surface area (Å²) < 4.78 is 2.32. The molecular formula is C7H10BrN3O. The number of carbonyl (C=O) groups is 1. The molecule has 0 fully saturated rings. The third-order valence-electron chi connectivity index (χ3n) is 1.58. The highest BCUT2D eigenvalue weighted by Gasteiger charge is 2.12. The summed E-state index contributed by atoms with van der Waals surface area (Å²) in [5.41, 5.74) is 0.554. The van der Waals surface area contributed by atoms with Gasteiger partial charge in [-0.3, -0.25) is 4.79 Å². The van der Waals surface area contributed by atoms with Crippen LogP contribution in [0.3, 0.4) is 0 Å². The molecule has 5 heteroatoms. The Morgan fingerprint density at radius 3 is 2.42 bits per heavy atom. The minimum absolute atomic E-state index is 0.554. The molecule has 0 amide bonds. The number of anilines is 1. The second-order valence-electron chi connectivity index (χ2n) is 2.66. The summed E-state index contributed by atoms with van der Waals surface area (Å²) in [7, 11) is 5.56. The molecule has 0 spiro atoms. The summed E-state index contributed by atoms with van der Waals surface area (Å²) in [5, 5.41) is 0. The Labute approximate surface area is 79.3 Å². The van der Waals surface area contributed by atoms with E-state index in [1.165, 1.54) is 0 Å². The van der Waals surface area contributed by atoms with Crippen LogP contribution in [0.5, 0.6) is 0 Å². The zero-order chi connectivity index (χ0) is 9.30. The molecule has 0 aliphatic heterocycles. The van der Waals surface area contributed by atoms with Crippen molar-refractivity contribution in [2.24, 2.45) is 7.05 Å². The molecule has 0 radical (unpaired) electrons. The monoisotopic (exact) mass is 231 g/mol. The fourth-order valence-electron chi connectivity index (χ4n) is 0.994. The third kappa shape index (κ3) is 1.36. The van der Waals surface area contributed by atoms with Crippen molar-refractivity contribution >= 4 is 28.2 Å². The van der Waals surface area contributed by atoms with E-state index in [-0.39, 0.29) is 0 Å². The van der Waals surface area contributed by atoms with Gasteiger partial charge in [0.15, 0.2) is 6.29 Å². The molecule has 0 bridgehead atoms. The van der Waals surface area contributed by atoms with Gasteiger partial charge in [0.1, 0.15) is 10.3 Å². The van der Waals surface area contributed by atoms with Crippen molar-refractivity contribution in [3.05, 3.63) is 10.3 Å². The van der Waals surface area contributed by atoms with Crippen molar-refractivity contribution in [1.29, 1.82) is 0 Å². The van der Waals surface area contributed by atoms with Crippen LogP contribution >= 0.6 is 15.9 Å². The maximum absolute atomic E-state index is 10.6. The molecule has 0 aliphatic rings. The highest BCUT2D eigenvalue weighted by Crippen LogP contribution is 2.19. The Morgan fingerprint density at radius 1 is 1.58 bits per heavy atom. The first-order valence-corrected chi connectivity index (χ1v) is 4.22. The predicted octanol–water partition coefficient (Wildman–Crippen LogP) is 1.06. The molecule has 66 valence electrons. The Morgan fingerprint density at radius 2 is 2.17 bits per heavy atom. The van der Waals surface area contributed by atoms with Crippen molar-refractivity contribution in [3.63, 3.8) is 0 Å². The molecular weight excluding hydrogens is 222 g/mol. The number of rotatable bonds is 2. The molecule has 0 unspecified atom stereocenters. The SMILES string of the molecule is CN(C)c1nc(Br)c(C=O)n1C. The summed E-state index contributed by atoms with van der Waals surface area (Å²) in [6.07, 6.45) is 0.782. The maximum atomic E-state index is 10.6.